The molecule has 0 radical (unpaired) electrons. The minimum atomic E-state index is 0.0458. The summed E-state index contributed by atoms with van der Waals surface area (Å²) in [5.41, 5.74) is 3.17. The first-order valence-electron chi connectivity index (χ1n) is 8.12. The highest BCUT2D eigenvalue weighted by molar-refractivity contribution is 7.21. The summed E-state index contributed by atoms with van der Waals surface area (Å²) in [7, 11) is 0. The number of nitrogens with zero attached hydrogens (tertiary/aromatic N) is 3. The summed E-state index contributed by atoms with van der Waals surface area (Å²) in [4.78, 5) is 11.0. The van der Waals surface area contributed by atoms with Crippen LogP contribution in [0.2, 0.25) is 0 Å². The fourth-order valence-corrected chi connectivity index (χ4v) is 4.11. The number of anilines is 1. The Bertz CT molecular complexity index is 1000. The molecular weight excluding hydrogens is 332 g/mol. The lowest BCUT2D eigenvalue weighted by Gasteiger charge is -2.14. The zero-order chi connectivity index (χ0) is 17.4. The van der Waals surface area contributed by atoms with Gasteiger partial charge in [-0.05, 0) is 32.4 Å². The molecule has 1 unspecified atom stereocenters. The molecule has 0 aliphatic heterocycles. The van der Waals surface area contributed by atoms with Gasteiger partial charge in [-0.25, -0.2) is 9.97 Å². The molecule has 0 aliphatic carbocycles. The fourth-order valence-electron chi connectivity index (χ4n) is 3.10. The van der Waals surface area contributed by atoms with E-state index in [9.17, 15) is 0 Å². The predicted octanol–water partition coefficient (Wildman–Crippen LogP) is 5.14. The van der Waals surface area contributed by atoms with Crippen LogP contribution < -0.4 is 5.32 Å². The third kappa shape index (κ3) is 2.89. The van der Waals surface area contributed by atoms with Gasteiger partial charge >= 0.3 is 0 Å². The Morgan fingerprint density at radius 1 is 1.12 bits per heavy atom. The van der Waals surface area contributed by atoms with Gasteiger partial charge in [0.2, 0.25) is 0 Å². The second kappa shape index (κ2) is 6.29. The Morgan fingerprint density at radius 3 is 2.64 bits per heavy atom. The van der Waals surface area contributed by atoms with Gasteiger partial charge < -0.3 is 9.84 Å². The first kappa shape index (κ1) is 15.8. The van der Waals surface area contributed by atoms with E-state index in [0.717, 1.165) is 33.1 Å². The standard InChI is InChI=1S/C19H18N4OS/c1-11(17-12(2)23-24-13(17)3)22-18-15-9-16(14-7-5-4-6-8-14)25-19(15)21-10-20-18/h4-11H,1-3H3,(H,20,21,22). The van der Waals surface area contributed by atoms with Gasteiger partial charge in [0, 0.05) is 10.4 Å². The minimum Gasteiger partial charge on any atom is -0.363 e. The number of nitrogens with one attached hydrogen (secondary N) is 1. The lowest BCUT2D eigenvalue weighted by atomic mass is 10.1. The molecule has 0 saturated heterocycles. The molecule has 126 valence electrons. The van der Waals surface area contributed by atoms with Crippen LogP contribution >= 0.6 is 11.3 Å². The topological polar surface area (TPSA) is 63.8 Å². The molecule has 4 rings (SSSR count). The highest BCUT2D eigenvalue weighted by atomic mass is 32.1. The second-order valence-electron chi connectivity index (χ2n) is 6.02. The van der Waals surface area contributed by atoms with Crippen LogP contribution in [0.4, 0.5) is 5.82 Å². The predicted molar refractivity (Wildman–Crippen MR) is 101 cm³/mol. The third-order valence-electron chi connectivity index (χ3n) is 4.26. The number of aromatic nitrogens is 3. The van der Waals surface area contributed by atoms with E-state index in [1.54, 1.807) is 17.7 Å². The van der Waals surface area contributed by atoms with E-state index in [-0.39, 0.29) is 6.04 Å². The van der Waals surface area contributed by atoms with Crippen molar-refractivity contribution in [2.75, 3.05) is 5.32 Å². The van der Waals surface area contributed by atoms with Crippen molar-refractivity contribution < 1.29 is 4.52 Å². The molecule has 3 aromatic heterocycles. The normalized spacial score (nSPS) is 12.4. The number of hydrogen-bond acceptors (Lipinski definition) is 6. The van der Waals surface area contributed by atoms with Gasteiger partial charge in [0.05, 0.1) is 17.1 Å². The SMILES string of the molecule is Cc1noc(C)c1C(C)Nc1ncnc2sc(-c3ccccc3)cc12. The first-order chi connectivity index (χ1) is 12.1. The summed E-state index contributed by atoms with van der Waals surface area (Å²) in [5, 5.41) is 8.56. The Morgan fingerprint density at radius 2 is 1.92 bits per heavy atom. The van der Waals surface area contributed by atoms with Crippen molar-refractivity contribution in [3.05, 3.63) is 59.7 Å². The van der Waals surface area contributed by atoms with Crippen LogP contribution in [-0.2, 0) is 0 Å². The smallest absolute Gasteiger partial charge is 0.139 e. The molecule has 0 aliphatic rings. The summed E-state index contributed by atoms with van der Waals surface area (Å²) < 4.78 is 5.28. The summed E-state index contributed by atoms with van der Waals surface area (Å²) in [5.74, 6) is 1.66. The molecule has 5 nitrogen and oxygen atoms in total. The number of hydrogen-bond donors (Lipinski definition) is 1. The molecule has 0 spiro atoms. The summed E-state index contributed by atoms with van der Waals surface area (Å²) in [6.45, 7) is 5.98. The van der Waals surface area contributed by atoms with E-state index in [0.29, 0.717) is 0 Å². The maximum absolute atomic E-state index is 5.28. The van der Waals surface area contributed by atoms with Crippen LogP contribution in [0.5, 0.6) is 0 Å². The number of benzene rings is 1. The monoisotopic (exact) mass is 350 g/mol. The molecule has 0 bridgehead atoms. The molecule has 0 saturated carbocycles. The van der Waals surface area contributed by atoms with Crippen LogP contribution in [0.1, 0.15) is 30.0 Å². The molecule has 4 aromatic rings. The van der Waals surface area contributed by atoms with Crippen molar-refractivity contribution in [1.82, 2.24) is 15.1 Å². The van der Waals surface area contributed by atoms with Gasteiger partial charge in [-0.2, -0.15) is 0 Å². The molecule has 1 aromatic carbocycles. The van der Waals surface area contributed by atoms with E-state index in [1.807, 2.05) is 32.0 Å². The third-order valence-corrected chi connectivity index (χ3v) is 5.35. The average Bonchev–Trinajstić information content (AvgIpc) is 3.20. The number of thiophene rings is 1. The average molecular weight is 350 g/mol. The maximum atomic E-state index is 5.28. The largest absolute Gasteiger partial charge is 0.363 e. The molecule has 1 N–H and O–H groups in total. The highest BCUT2D eigenvalue weighted by Gasteiger charge is 2.18. The quantitative estimate of drug-likeness (QED) is 0.552. The van der Waals surface area contributed by atoms with E-state index in [4.69, 9.17) is 4.52 Å². The summed E-state index contributed by atoms with van der Waals surface area (Å²) in [6, 6.07) is 12.5. The molecule has 0 amide bonds. The van der Waals surface area contributed by atoms with Crippen LogP contribution in [0.15, 0.2) is 47.2 Å². The van der Waals surface area contributed by atoms with Crippen molar-refractivity contribution in [1.29, 1.82) is 0 Å². The van der Waals surface area contributed by atoms with Gasteiger partial charge in [-0.15, -0.1) is 11.3 Å². The van der Waals surface area contributed by atoms with Gasteiger partial charge in [-0.1, -0.05) is 35.5 Å². The molecular formula is C19H18N4OS. The van der Waals surface area contributed by atoms with E-state index in [1.165, 1.54) is 10.4 Å². The van der Waals surface area contributed by atoms with Gasteiger partial charge in [0.25, 0.3) is 0 Å². The Hall–Kier alpha value is -2.73. The van der Waals surface area contributed by atoms with E-state index >= 15 is 0 Å². The van der Waals surface area contributed by atoms with Crippen molar-refractivity contribution in [2.24, 2.45) is 0 Å². The van der Waals surface area contributed by atoms with Crippen molar-refractivity contribution in [3.63, 3.8) is 0 Å². The summed E-state index contributed by atoms with van der Waals surface area (Å²) >= 11 is 1.67. The first-order valence-corrected chi connectivity index (χ1v) is 8.94. The Labute approximate surface area is 149 Å². The van der Waals surface area contributed by atoms with Crippen LogP contribution in [0.25, 0.3) is 20.7 Å². The van der Waals surface area contributed by atoms with Crippen LogP contribution in [0.3, 0.4) is 0 Å². The lowest BCUT2D eigenvalue weighted by Crippen LogP contribution is -2.09. The zero-order valence-corrected chi connectivity index (χ0v) is 15.1. The minimum absolute atomic E-state index is 0.0458. The van der Waals surface area contributed by atoms with E-state index < -0.39 is 0 Å². The van der Waals surface area contributed by atoms with Crippen molar-refractivity contribution >= 4 is 27.4 Å². The highest BCUT2D eigenvalue weighted by Crippen LogP contribution is 2.36. The Kier molecular flexibility index (Phi) is 3.97. The fraction of sp³-hybridized carbons (Fsp3) is 0.211. The number of aryl methyl sites for hydroxylation is 2. The summed E-state index contributed by atoms with van der Waals surface area (Å²) in [6.07, 6.45) is 1.61. The Balaban J connectivity index is 1.72. The maximum Gasteiger partial charge on any atom is 0.139 e. The van der Waals surface area contributed by atoms with Crippen LogP contribution in [0, 0.1) is 13.8 Å². The molecule has 25 heavy (non-hydrogen) atoms. The van der Waals surface area contributed by atoms with Crippen LogP contribution in [-0.4, -0.2) is 15.1 Å². The van der Waals surface area contributed by atoms with Crippen molar-refractivity contribution in [2.45, 2.75) is 26.8 Å². The van der Waals surface area contributed by atoms with Gasteiger partial charge in [0.15, 0.2) is 0 Å². The number of fused-ring (bicyclic) bond motifs is 1. The second-order valence-corrected chi connectivity index (χ2v) is 7.05. The van der Waals surface area contributed by atoms with E-state index in [2.05, 4.69) is 45.6 Å². The molecule has 0 fully saturated rings. The van der Waals surface area contributed by atoms with Crippen molar-refractivity contribution in [3.8, 4) is 10.4 Å². The molecule has 6 heteroatoms. The molecule has 3 heterocycles. The van der Waals surface area contributed by atoms with Gasteiger partial charge in [-0.3, -0.25) is 0 Å². The zero-order valence-electron chi connectivity index (χ0n) is 14.3. The molecule has 1 atom stereocenters. The number of rotatable bonds is 4. The lowest BCUT2D eigenvalue weighted by molar-refractivity contribution is 0.392. The van der Waals surface area contributed by atoms with Gasteiger partial charge in [0.1, 0.15) is 22.7 Å².